The third kappa shape index (κ3) is 5.28. The molecule has 0 unspecified atom stereocenters. The van der Waals surface area contributed by atoms with Crippen LogP contribution in [-0.4, -0.2) is 44.4 Å². The number of allylic oxidation sites excluding steroid dienone is 10. The Labute approximate surface area is 251 Å². The predicted molar refractivity (Wildman–Crippen MR) is 168 cm³/mol. The number of aliphatic carboxylic acids is 2. The van der Waals surface area contributed by atoms with E-state index in [0.29, 0.717) is 41.4 Å². The maximum absolute atomic E-state index is 11.6. The molecule has 5 rings (SSSR count). The summed E-state index contributed by atoms with van der Waals surface area (Å²) in [5.74, 6) is -1.56. The van der Waals surface area contributed by atoms with Gasteiger partial charge in [-0.05, 0) is 111 Å². The highest BCUT2D eigenvalue weighted by atomic mass is 16.4. The molecule has 0 fully saturated rings. The number of nitrogens with zero attached hydrogens (tertiary/aromatic N) is 3. The monoisotopic (exact) mass is 582 g/mol. The molecule has 0 amide bonds. The molecule has 9 nitrogen and oxygen atoms in total. The molecule has 0 saturated carbocycles. The Morgan fingerprint density at radius 1 is 0.744 bits per heavy atom. The third-order valence-electron chi connectivity index (χ3n) is 9.15. The van der Waals surface area contributed by atoms with Crippen molar-refractivity contribution in [1.82, 2.24) is 5.32 Å². The van der Waals surface area contributed by atoms with Crippen LogP contribution in [0.5, 0.6) is 0 Å². The Morgan fingerprint density at radius 3 is 1.88 bits per heavy atom. The Morgan fingerprint density at radius 2 is 1.28 bits per heavy atom. The molecule has 0 saturated heterocycles. The van der Waals surface area contributed by atoms with Crippen molar-refractivity contribution >= 4 is 29.1 Å². The third-order valence-corrected chi connectivity index (χ3v) is 9.15. The Kier molecular flexibility index (Phi) is 7.86. The van der Waals surface area contributed by atoms with E-state index in [4.69, 9.17) is 15.0 Å². The number of hydrogen-bond donors (Lipinski definition) is 4. The molecule has 0 aromatic rings. The van der Waals surface area contributed by atoms with Crippen molar-refractivity contribution in [2.45, 2.75) is 80.1 Å². The zero-order chi connectivity index (χ0) is 31.2. The van der Waals surface area contributed by atoms with Crippen LogP contribution in [0.15, 0.2) is 107 Å². The van der Waals surface area contributed by atoms with Crippen LogP contribution in [0.25, 0.3) is 0 Å². The average molecular weight is 583 g/mol. The zero-order valence-corrected chi connectivity index (χ0v) is 25.6. The summed E-state index contributed by atoms with van der Waals surface area (Å²) in [5.41, 5.74) is 10.3. The molecule has 5 aliphatic rings. The van der Waals surface area contributed by atoms with Crippen molar-refractivity contribution < 1.29 is 24.9 Å². The van der Waals surface area contributed by atoms with Gasteiger partial charge in [0.25, 0.3) is 0 Å². The van der Waals surface area contributed by atoms with Gasteiger partial charge in [-0.3, -0.25) is 9.59 Å². The molecular weight excluding hydrogens is 544 g/mol. The highest BCUT2D eigenvalue weighted by Gasteiger charge is 2.41. The smallest absolute Gasteiger partial charge is 0.303 e. The van der Waals surface area contributed by atoms with Gasteiger partial charge in [0.15, 0.2) is 0 Å². The second-order valence-corrected chi connectivity index (χ2v) is 11.7. The van der Waals surface area contributed by atoms with Gasteiger partial charge in [-0.1, -0.05) is 13.8 Å². The minimum Gasteiger partial charge on any atom is -0.509 e. The quantitative estimate of drug-likeness (QED) is 0.248. The summed E-state index contributed by atoms with van der Waals surface area (Å²) >= 11 is 0. The van der Waals surface area contributed by atoms with Crippen LogP contribution in [-0.2, 0) is 9.59 Å². The minimum atomic E-state index is -0.903. The fourth-order valence-electron chi connectivity index (χ4n) is 6.16. The molecule has 0 spiro atoms. The van der Waals surface area contributed by atoms with E-state index in [9.17, 15) is 24.9 Å². The maximum atomic E-state index is 11.6. The molecule has 9 heteroatoms. The molecule has 8 bridgehead atoms. The van der Waals surface area contributed by atoms with Crippen LogP contribution in [0.1, 0.15) is 80.1 Å². The second-order valence-electron chi connectivity index (χ2n) is 11.7. The van der Waals surface area contributed by atoms with E-state index in [-0.39, 0.29) is 25.0 Å². The van der Waals surface area contributed by atoms with Crippen LogP contribution in [0, 0.1) is 5.41 Å². The molecule has 0 radical (unpaired) electrons. The fourth-order valence-corrected chi connectivity index (χ4v) is 6.16. The van der Waals surface area contributed by atoms with Gasteiger partial charge in [0.2, 0.25) is 0 Å². The Balaban J connectivity index is 1.78. The molecule has 43 heavy (non-hydrogen) atoms. The van der Waals surface area contributed by atoms with Crippen LogP contribution in [0.4, 0.5) is 0 Å². The minimum absolute atomic E-state index is 0.0452. The van der Waals surface area contributed by atoms with E-state index in [0.717, 1.165) is 57.0 Å². The first kappa shape index (κ1) is 29.9. The summed E-state index contributed by atoms with van der Waals surface area (Å²) < 4.78 is 0. The van der Waals surface area contributed by atoms with Crippen molar-refractivity contribution in [1.29, 1.82) is 0 Å². The van der Waals surface area contributed by atoms with Crippen LogP contribution < -0.4 is 5.32 Å². The number of carbonyl (C=O) groups is 2. The largest absolute Gasteiger partial charge is 0.509 e. The first-order valence-electron chi connectivity index (χ1n) is 14.8. The summed E-state index contributed by atoms with van der Waals surface area (Å²) in [6.07, 6.45) is 9.50. The standard InChI is InChI=1S/C34H38N4O5/c1-7-20-17(3)24-14-29-33(43)34(6,8-2)30(38-29)16-25-19(5)22(10-12-32(41)42)28(37-25)15-27-21(9-11-31(39)40)18(4)23(36-27)13-26(20)35-24/h13-16,38,43H,7-12H2,1-6H3,(H,39,40)(H,41,42)/t34-/m1/s1. The predicted octanol–water partition coefficient (Wildman–Crippen LogP) is 6.78. The van der Waals surface area contributed by atoms with Gasteiger partial charge in [-0.2, -0.15) is 0 Å². The topological polar surface area (TPSA) is 144 Å². The number of carboxylic acid groups (broad SMARTS) is 2. The van der Waals surface area contributed by atoms with Gasteiger partial charge < -0.3 is 20.6 Å². The average Bonchev–Trinajstić information content (AvgIpc) is 3.59. The molecule has 224 valence electrons. The Bertz CT molecular complexity index is 1700. The maximum Gasteiger partial charge on any atom is 0.303 e. The van der Waals surface area contributed by atoms with E-state index in [1.165, 1.54) is 0 Å². The number of carboxylic acids is 2. The first-order chi connectivity index (χ1) is 20.4. The normalized spacial score (nSPS) is 23.2. The van der Waals surface area contributed by atoms with Crippen molar-refractivity contribution in [3.8, 4) is 0 Å². The molecule has 1 atom stereocenters. The van der Waals surface area contributed by atoms with E-state index in [1.54, 1.807) is 0 Å². The molecule has 0 aromatic heterocycles. The van der Waals surface area contributed by atoms with Crippen LogP contribution in [0.3, 0.4) is 0 Å². The summed E-state index contributed by atoms with van der Waals surface area (Å²) in [4.78, 5) is 38.0. The number of aliphatic hydroxyl groups is 1. The van der Waals surface area contributed by atoms with Gasteiger partial charge in [-0.25, -0.2) is 15.0 Å². The first-order valence-corrected chi connectivity index (χ1v) is 14.8. The van der Waals surface area contributed by atoms with Gasteiger partial charge in [0, 0.05) is 18.5 Å². The summed E-state index contributed by atoms with van der Waals surface area (Å²) in [7, 11) is 0. The number of aliphatic imine (C=N–C) groups is 3. The van der Waals surface area contributed by atoms with Crippen molar-refractivity contribution in [3.63, 3.8) is 0 Å². The van der Waals surface area contributed by atoms with Gasteiger partial charge in [0.1, 0.15) is 5.76 Å². The van der Waals surface area contributed by atoms with Gasteiger partial charge in [0.05, 0.1) is 45.3 Å². The lowest BCUT2D eigenvalue weighted by Crippen LogP contribution is -2.22. The number of fused-ring (bicyclic) bond motifs is 5. The lowest BCUT2D eigenvalue weighted by molar-refractivity contribution is -0.137. The van der Waals surface area contributed by atoms with Crippen LogP contribution >= 0.6 is 0 Å². The zero-order valence-electron chi connectivity index (χ0n) is 25.6. The molecule has 5 heterocycles. The van der Waals surface area contributed by atoms with Crippen molar-refractivity contribution in [3.05, 3.63) is 92.0 Å². The van der Waals surface area contributed by atoms with Crippen molar-refractivity contribution in [2.24, 2.45) is 20.4 Å². The highest BCUT2D eigenvalue weighted by molar-refractivity contribution is 6.18. The molecule has 0 aliphatic carbocycles. The van der Waals surface area contributed by atoms with E-state index in [2.05, 4.69) is 12.2 Å². The van der Waals surface area contributed by atoms with Gasteiger partial charge >= 0.3 is 11.9 Å². The Hall–Kier alpha value is -4.53. The van der Waals surface area contributed by atoms with E-state index >= 15 is 0 Å². The molecule has 5 aliphatic heterocycles. The van der Waals surface area contributed by atoms with Gasteiger partial charge in [-0.15, -0.1) is 0 Å². The van der Waals surface area contributed by atoms with E-state index in [1.807, 2.05) is 58.9 Å². The number of rotatable bonds is 8. The number of nitrogens with one attached hydrogen (secondary N) is 1. The van der Waals surface area contributed by atoms with Crippen LogP contribution in [0.2, 0.25) is 0 Å². The van der Waals surface area contributed by atoms with Crippen molar-refractivity contribution in [2.75, 3.05) is 0 Å². The molecular formula is C34H38N4O5. The summed E-state index contributed by atoms with van der Waals surface area (Å²) in [6, 6.07) is 0. The van der Waals surface area contributed by atoms with E-state index < -0.39 is 17.4 Å². The molecule has 0 aromatic carbocycles. The second kappa shape index (κ2) is 11.3. The molecule has 4 N–H and O–H groups in total. The fraction of sp³-hybridized carbons (Fsp3) is 0.382. The SMILES string of the molecule is CCC1=C(C)C2=CC3=C(O)[C@](C)(CC)C(=CC4=NC(=CC5=NC(=CC1=N2)C(C)=C5CCC(=O)O)C(CCC(=O)O)=C4C)N3. The highest BCUT2D eigenvalue weighted by Crippen LogP contribution is 2.45. The lowest BCUT2D eigenvalue weighted by atomic mass is 9.82. The summed E-state index contributed by atoms with van der Waals surface area (Å²) in [6.45, 7) is 12.0. The lowest BCUT2D eigenvalue weighted by Gasteiger charge is -2.24. The summed E-state index contributed by atoms with van der Waals surface area (Å²) in [5, 5.41) is 33.8. The number of aliphatic hydroxyl groups excluding tert-OH is 1. The number of hydrogen-bond acceptors (Lipinski definition) is 7.